The summed E-state index contributed by atoms with van der Waals surface area (Å²) in [5.41, 5.74) is 4.22. The number of alkyl halides is 3. The van der Waals surface area contributed by atoms with Crippen LogP contribution in [0.25, 0.3) is 0 Å². The zero-order valence-electron chi connectivity index (χ0n) is 11.2. The van der Waals surface area contributed by atoms with Crippen molar-refractivity contribution in [1.82, 2.24) is 0 Å². The van der Waals surface area contributed by atoms with Crippen molar-refractivity contribution in [1.29, 1.82) is 5.26 Å². The lowest BCUT2D eigenvalue weighted by molar-refractivity contribution is -0.137. The van der Waals surface area contributed by atoms with E-state index in [1.165, 1.54) is 12.1 Å². The summed E-state index contributed by atoms with van der Waals surface area (Å²) >= 11 is 0. The van der Waals surface area contributed by atoms with Crippen molar-refractivity contribution >= 4 is 11.6 Å². The molecule has 1 aliphatic rings. The molecule has 0 bridgehead atoms. The Hall–Kier alpha value is -2.23. The third-order valence-electron chi connectivity index (χ3n) is 3.57. The highest BCUT2D eigenvalue weighted by Gasteiger charge is 2.35. The number of anilines is 1. The molecule has 4 nitrogen and oxygen atoms in total. The van der Waals surface area contributed by atoms with E-state index in [-0.39, 0.29) is 17.9 Å². The molecule has 7 heteroatoms. The monoisotopic (exact) mass is 297 g/mol. The van der Waals surface area contributed by atoms with E-state index < -0.39 is 17.6 Å². The van der Waals surface area contributed by atoms with Gasteiger partial charge in [-0.1, -0.05) is 0 Å². The van der Waals surface area contributed by atoms with Gasteiger partial charge in [0.15, 0.2) is 0 Å². The van der Waals surface area contributed by atoms with Crippen LogP contribution in [-0.2, 0) is 11.0 Å². The van der Waals surface area contributed by atoms with Crippen molar-refractivity contribution in [2.24, 2.45) is 11.7 Å². The van der Waals surface area contributed by atoms with Crippen LogP contribution in [0.5, 0.6) is 0 Å². The Morgan fingerprint density at radius 1 is 1.48 bits per heavy atom. The molecule has 112 valence electrons. The third kappa shape index (κ3) is 3.45. The molecule has 0 saturated carbocycles. The fourth-order valence-electron chi connectivity index (χ4n) is 2.58. The number of primary amides is 1. The molecule has 0 aliphatic carbocycles. The number of amides is 1. The molecular formula is C14H14F3N3O. The van der Waals surface area contributed by atoms with Crippen LogP contribution in [-0.4, -0.2) is 19.0 Å². The summed E-state index contributed by atoms with van der Waals surface area (Å²) in [6.07, 6.45) is -3.61. The maximum atomic E-state index is 12.9. The van der Waals surface area contributed by atoms with Crippen LogP contribution in [0.15, 0.2) is 18.2 Å². The number of rotatable bonds is 3. The first kappa shape index (κ1) is 15.2. The molecule has 1 aliphatic heterocycles. The van der Waals surface area contributed by atoms with Crippen molar-refractivity contribution in [2.45, 2.75) is 19.0 Å². The van der Waals surface area contributed by atoms with Gasteiger partial charge in [0, 0.05) is 25.2 Å². The predicted molar refractivity (Wildman–Crippen MR) is 70.3 cm³/mol. The van der Waals surface area contributed by atoms with E-state index in [0.29, 0.717) is 25.2 Å². The van der Waals surface area contributed by atoms with Crippen LogP contribution in [0.1, 0.15) is 24.0 Å². The zero-order chi connectivity index (χ0) is 15.6. The van der Waals surface area contributed by atoms with E-state index in [1.807, 2.05) is 0 Å². The lowest BCUT2D eigenvalue weighted by atomic mass is 10.0. The number of nitriles is 1. The van der Waals surface area contributed by atoms with Crippen molar-refractivity contribution in [3.05, 3.63) is 29.3 Å². The fraction of sp³-hybridized carbons (Fsp3) is 0.429. The van der Waals surface area contributed by atoms with Gasteiger partial charge in [0.25, 0.3) is 0 Å². The van der Waals surface area contributed by atoms with Gasteiger partial charge in [0.2, 0.25) is 5.91 Å². The smallest absolute Gasteiger partial charge is 0.371 e. The second-order valence-electron chi connectivity index (χ2n) is 5.11. The van der Waals surface area contributed by atoms with Gasteiger partial charge in [-0.25, -0.2) is 0 Å². The van der Waals surface area contributed by atoms with Gasteiger partial charge in [-0.3, -0.25) is 4.79 Å². The van der Waals surface area contributed by atoms with Gasteiger partial charge < -0.3 is 10.6 Å². The van der Waals surface area contributed by atoms with Crippen LogP contribution in [0, 0.1) is 17.2 Å². The molecule has 1 unspecified atom stereocenters. The third-order valence-corrected chi connectivity index (χ3v) is 3.57. The molecule has 1 aromatic carbocycles. The standard InChI is InChI=1S/C14H14F3N3O/c15-14(16,17)12-6-11(2-1-10(12)7-18)20-4-3-9(8-20)5-13(19)21/h1-2,6,9H,3-5,8H2,(H2,19,21). The van der Waals surface area contributed by atoms with Crippen molar-refractivity contribution in [3.63, 3.8) is 0 Å². The number of halogens is 3. The van der Waals surface area contributed by atoms with E-state index in [2.05, 4.69) is 0 Å². The van der Waals surface area contributed by atoms with Gasteiger partial charge in [-0.15, -0.1) is 0 Å². The molecule has 2 rings (SSSR count). The largest absolute Gasteiger partial charge is 0.417 e. The molecule has 1 amide bonds. The second kappa shape index (κ2) is 5.64. The number of hydrogen-bond acceptors (Lipinski definition) is 3. The van der Waals surface area contributed by atoms with Crippen LogP contribution in [0.2, 0.25) is 0 Å². The summed E-state index contributed by atoms with van der Waals surface area (Å²) in [5.74, 6) is -0.342. The minimum absolute atomic E-state index is 0.0625. The SMILES string of the molecule is N#Cc1ccc(N2CCC(CC(N)=O)C2)cc1C(F)(F)F. The van der Waals surface area contributed by atoms with Crippen LogP contribution < -0.4 is 10.6 Å². The predicted octanol–water partition coefficient (Wildman–Crippen LogP) is 2.28. The number of carbonyl (C=O) groups is 1. The quantitative estimate of drug-likeness (QED) is 0.930. The number of benzene rings is 1. The maximum Gasteiger partial charge on any atom is 0.417 e. The molecule has 21 heavy (non-hydrogen) atoms. The van der Waals surface area contributed by atoms with Gasteiger partial charge in [0.05, 0.1) is 17.2 Å². The number of nitrogens with zero attached hydrogens (tertiary/aromatic N) is 2. The molecule has 1 heterocycles. The highest BCUT2D eigenvalue weighted by atomic mass is 19.4. The first-order chi connectivity index (χ1) is 9.81. The molecule has 0 radical (unpaired) electrons. The first-order valence-corrected chi connectivity index (χ1v) is 6.46. The first-order valence-electron chi connectivity index (χ1n) is 6.46. The zero-order valence-corrected chi connectivity index (χ0v) is 11.2. The Bertz CT molecular complexity index is 592. The van der Waals surface area contributed by atoms with Crippen LogP contribution in [0.3, 0.4) is 0 Å². The van der Waals surface area contributed by atoms with Crippen LogP contribution >= 0.6 is 0 Å². The molecular weight excluding hydrogens is 283 g/mol. The Morgan fingerprint density at radius 3 is 2.76 bits per heavy atom. The molecule has 0 spiro atoms. The molecule has 1 fully saturated rings. The molecule has 1 saturated heterocycles. The highest BCUT2D eigenvalue weighted by molar-refractivity contribution is 5.74. The Morgan fingerprint density at radius 2 is 2.19 bits per heavy atom. The molecule has 2 N–H and O–H groups in total. The second-order valence-corrected chi connectivity index (χ2v) is 5.11. The van der Waals surface area contributed by atoms with Crippen molar-refractivity contribution < 1.29 is 18.0 Å². The number of carbonyl (C=O) groups excluding carboxylic acids is 1. The highest BCUT2D eigenvalue weighted by Crippen LogP contribution is 2.35. The Balaban J connectivity index is 2.23. The Labute approximate surface area is 119 Å². The maximum absolute atomic E-state index is 12.9. The Kier molecular flexibility index (Phi) is 4.07. The van der Waals surface area contributed by atoms with E-state index in [1.54, 1.807) is 11.0 Å². The van der Waals surface area contributed by atoms with E-state index in [9.17, 15) is 18.0 Å². The van der Waals surface area contributed by atoms with Gasteiger partial charge >= 0.3 is 6.18 Å². The lowest BCUT2D eigenvalue weighted by Crippen LogP contribution is -2.22. The van der Waals surface area contributed by atoms with E-state index >= 15 is 0 Å². The van der Waals surface area contributed by atoms with Crippen LogP contribution in [0.4, 0.5) is 18.9 Å². The summed E-state index contributed by atoms with van der Waals surface area (Å²) in [6.45, 7) is 1.06. The molecule has 0 aromatic heterocycles. The topological polar surface area (TPSA) is 70.1 Å². The van der Waals surface area contributed by atoms with E-state index in [0.717, 1.165) is 6.07 Å². The van der Waals surface area contributed by atoms with Gasteiger partial charge in [0.1, 0.15) is 0 Å². The number of hydrogen-bond donors (Lipinski definition) is 1. The molecule has 1 atom stereocenters. The summed E-state index contributed by atoms with van der Waals surface area (Å²) in [5, 5.41) is 8.76. The van der Waals surface area contributed by atoms with Crippen molar-refractivity contribution in [3.8, 4) is 6.07 Å². The lowest BCUT2D eigenvalue weighted by Gasteiger charge is -2.20. The normalized spacial score (nSPS) is 18.6. The minimum Gasteiger partial charge on any atom is -0.371 e. The van der Waals surface area contributed by atoms with E-state index in [4.69, 9.17) is 11.0 Å². The summed E-state index contributed by atoms with van der Waals surface area (Å²) < 4.78 is 38.8. The summed E-state index contributed by atoms with van der Waals surface area (Å²) in [4.78, 5) is 12.7. The number of nitrogens with two attached hydrogens (primary N) is 1. The fourth-order valence-corrected chi connectivity index (χ4v) is 2.58. The summed E-state index contributed by atoms with van der Waals surface area (Å²) in [6, 6.07) is 5.23. The average Bonchev–Trinajstić information content (AvgIpc) is 2.84. The minimum atomic E-state index is -4.56. The average molecular weight is 297 g/mol. The van der Waals surface area contributed by atoms with Gasteiger partial charge in [-0.05, 0) is 30.5 Å². The molecule has 1 aromatic rings. The van der Waals surface area contributed by atoms with Crippen molar-refractivity contribution in [2.75, 3.05) is 18.0 Å². The van der Waals surface area contributed by atoms with Gasteiger partial charge in [-0.2, -0.15) is 18.4 Å². The summed E-state index contributed by atoms with van der Waals surface area (Å²) in [7, 11) is 0.